The van der Waals surface area contributed by atoms with Gasteiger partial charge in [-0.15, -0.1) is 11.8 Å². The van der Waals surface area contributed by atoms with Crippen molar-refractivity contribution >= 4 is 27.7 Å². The Balaban J connectivity index is 1.53. The monoisotopic (exact) mass is 429 g/mol. The minimum absolute atomic E-state index is 0.0245. The van der Waals surface area contributed by atoms with Crippen molar-refractivity contribution in [1.82, 2.24) is 14.5 Å². The molecular formula is C21H23N3O3S2. The molecule has 0 fully saturated rings. The number of aromatic nitrogens is 2. The van der Waals surface area contributed by atoms with E-state index in [0.29, 0.717) is 12.3 Å². The molecule has 1 heterocycles. The molecule has 2 aromatic carbocycles. The lowest BCUT2D eigenvalue weighted by Gasteiger charge is -2.06. The number of aryl methyl sites for hydroxylation is 2. The minimum atomic E-state index is -3.93. The number of hydrogen-bond acceptors (Lipinski definition) is 5. The summed E-state index contributed by atoms with van der Waals surface area (Å²) in [6.07, 6.45) is 2.78. The van der Waals surface area contributed by atoms with Crippen LogP contribution in [0, 0.1) is 13.8 Å². The normalized spacial score (nSPS) is 11.4. The zero-order valence-corrected chi connectivity index (χ0v) is 18.0. The molecule has 1 N–H and O–H groups in total. The van der Waals surface area contributed by atoms with E-state index < -0.39 is 15.9 Å². The van der Waals surface area contributed by atoms with Gasteiger partial charge in [-0.3, -0.25) is 9.48 Å². The van der Waals surface area contributed by atoms with Gasteiger partial charge in [0, 0.05) is 23.3 Å². The lowest BCUT2D eigenvalue weighted by Crippen LogP contribution is -2.30. The number of carbonyl (C=O) groups is 1. The van der Waals surface area contributed by atoms with Crippen molar-refractivity contribution in [2.45, 2.75) is 36.6 Å². The smallest absolute Gasteiger partial charge is 0.267 e. The van der Waals surface area contributed by atoms with Crippen LogP contribution in [0.15, 0.2) is 70.7 Å². The minimum Gasteiger partial charge on any atom is -0.274 e. The second-order valence-corrected chi connectivity index (χ2v) is 9.58. The zero-order valence-electron chi connectivity index (χ0n) is 16.3. The van der Waals surface area contributed by atoms with Gasteiger partial charge in [-0.05, 0) is 42.7 Å². The van der Waals surface area contributed by atoms with Gasteiger partial charge in [-0.2, -0.15) is 5.10 Å². The van der Waals surface area contributed by atoms with Crippen LogP contribution in [0.1, 0.15) is 23.1 Å². The van der Waals surface area contributed by atoms with Gasteiger partial charge in [0.1, 0.15) is 4.90 Å². The molecule has 0 bridgehead atoms. The van der Waals surface area contributed by atoms with E-state index in [-0.39, 0.29) is 11.3 Å². The van der Waals surface area contributed by atoms with Crippen molar-refractivity contribution < 1.29 is 13.2 Å². The second-order valence-electron chi connectivity index (χ2n) is 6.73. The lowest BCUT2D eigenvalue weighted by atomic mass is 10.1. The number of thioether (sulfide) groups is 1. The maximum atomic E-state index is 12.4. The topological polar surface area (TPSA) is 81.1 Å². The number of sulfonamides is 1. The molecule has 0 saturated heterocycles. The highest BCUT2D eigenvalue weighted by atomic mass is 32.2. The second kappa shape index (κ2) is 9.28. The van der Waals surface area contributed by atoms with Gasteiger partial charge in [-0.1, -0.05) is 36.4 Å². The van der Waals surface area contributed by atoms with Crippen LogP contribution in [0.4, 0.5) is 0 Å². The molecule has 1 amide bonds. The van der Waals surface area contributed by atoms with Crippen LogP contribution in [0.3, 0.4) is 0 Å². The molecule has 0 spiro atoms. The summed E-state index contributed by atoms with van der Waals surface area (Å²) in [5.41, 5.74) is 3.41. The van der Waals surface area contributed by atoms with Crippen LogP contribution >= 0.6 is 11.8 Å². The third kappa shape index (κ3) is 5.95. The van der Waals surface area contributed by atoms with E-state index in [1.807, 2.05) is 56.3 Å². The van der Waals surface area contributed by atoms with Gasteiger partial charge >= 0.3 is 0 Å². The van der Waals surface area contributed by atoms with Crippen LogP contribution in [0.5, 0.6) is 0 Å². The summed E-state index contributed by atoms with van der Waals surface area (Å²) in [5.74, 6) is -0.0333. The fourth-order valence-electron chi connectivity index (χ4n) is 2.67. The van der Waals surface area contributed by atoms with E-state index >= 15 is 0 Å². The molecule has 0 unspecified atom stereocenters. The van der Waals surface area contributed by atoms with Crippen molar-refractivity contribution in [3.63, 3.8) is 0 Å². The first-order valence-electron chi connectivity index (χ1n) is 9.15. The maximum Gasteiger partial charge on any atom is 0.267 e. The van der Waals surface area contributed by atoms with E-state index in [2.05, 4.69) is 15.9 Å². The molecule has 1 aromatic heterocycles. The number of carbonyl (C=O) groups excluding carboxylic acids is 1. The first-order valence-corrected chi connectivity index (χ1v) is 11.6. The number of amides is 1. The molecule has 3 aromatic rings. The summed E-state index contributed by atoms with van der Waals surface area (Å²) in [4.78, 5) is 13.1. The Kier molecular flexibility index (Phi) is 6.76. The van der Waals surface area contributed by atoms with Crippen LogP contribution in [-0.4, -0.2) is 29.9 Å². The van der Waals surface area contributed by atoms with E-state index in [1.54, 1.807) is 0 Å². The summed E-state index contributed by atoms with van der Waals surface area (Å²) >= 11 is 1.53. The predicted molar refractivity (Wildman–Crippen MR) is 114 cm³/mol. The Morgan fingerprint density at radius 2 is 1.86 bits per heavy atom. The molecule has 152 valence electrons. The predicted octanol–water partition coefficient (Wildman–Crippen LogP) is 3.54. The van der Waals surface area contributed by atoms with Gasteiger partial charge in [0.05, 0.1) is 12.7 Å². The van der Waals surface area contributed by atoms with Crippen molar-refractivity contribution in [2.75, 3.05) is 5.75 Å². The lowest BCUT2D eigenvalue weighted by molar-refractivity contribution is -0.118. The Labute approximate surface area is 175 Å². The highest BCUT2D eigenvalue weighted by molar-refractivity contribution is 7.99. The third-order valence-electron chi connectivity index (χ3n) is 4.43. The van der Waals surface area contributed by atoms with Gasteiger partial charge in [0.25, 0.3) is 10.0 Å². The van der Waals surface area contributed by atoms with Gasteiger partial charge in [0.2, 0.25) is 5.91 Å². The summed E-state index contributed by atoms with van der Waals surface area (Å²) in [7, 11) is -3.93. The Morgan fingerprint density at radius 1 is 1.10 bits per heavy atom. The fourth-order valence-corrected chi connectivity index (χ4v) is 4.58. The molecule has 3 rings (SSSR count). The molecule has 0 radical (unpaired) electrons. The number of nitrogens with one attached hydrogen (secondary N) is 1. The van der Waals surface area contributed by atoms with Crippen molar-refractivity contribution in [1.29, 1.82) is 0 Å². The van der Waals surface area contributed by atoms with Gasteiger partial charge in [-0.25, -0.2) is 13.1 Å². The van der Waals surface area contributed by atoms with Crippen LogP contribution < -0.4 is 4.72 Å². The average molecular weight is 430 g/mol. The first-order chi connectivity index (χ1) is 13.8. The highest BCUT2D eigenvalue weighted by Gasteiger charge is 2.19. The summed E-state index contributed by atoms with van der Waals surface area (Å²) < 4.78 is 28.5. The first kappa shape index (κ1) is 21.1. The zero-order chi connectivity index (χ0) is 20.9. The largest absolute Gasteiger partial charge is 0.274 e. The van der Waals surface area contributed by atoms with Crippen molar-refractivity contribution in [3.8, 4) is 0 Å². The van der Waals surface area contributed by atoms with Crippen LogP contribution in [-0.2, 0) is 21.4 Å². The summed E-state index contributed by atoms with van der Waals surface area (Å²) in [6, 6.07) is 15.7. The summed E-state index contributed by atoms with van der Waals surface area (Å²) in [5, 5.41) is 4.08. The Hall–Kier alpha value is -2.58. The highest BCUT2D eigenvalue weighted by Crippen LogP contribution is 2.21. The van der Waals surface area contributed by atoms with Crippen LogP contribution in [0.2, 0.25) is 0 Å². The number of nitrogens with zero attached hydrogens (tertiary/aromatic N) is 2. The van der Waals surface area contributed by atoms with E-state index in [0.717, 1.165) is 10.5 Å². The molecule has 8 heteroatoms. The quantitative estimate of drug-likeness (QED) is 0.554. The molecule has 29 heavy (non-hydrogen) atoms. The van der Waals surface area contributed by atoms with Gasteiger partial charge in [0.15, 0.2) is 0 Å². The standard InChI is InChI=1S/C21H23N3O3S2/c1-16-8-9-19(12-17(16)2)28-11-10-21(25)23-29(26,27)20-13-22-24(15-20)14-18-6-4-3-5-7-18/h3-9,12-13,15H,10-11,14H2,1-2H3,(H,23,25). The molecule has 0 aliphatic rings. The average Bonchev–Trinajstić information content (AvgIpc) is 3.14. The van der Waals surface area contributed by atoms with Gasteiger partial charge < -0.3 is 0 Å². The van der Waals surface area contributed by atoms with E-state index in [4.69, 9.17) is 0 Å². The summed E-state index contributed by atoms with van der Waals surface area (Å²) in [6.45, 7) is 4.54. The molecule has 0 saturated carbocycles. The molecular weight excluding hydrogens is 406 g/mol. The number of benzene rings is 2. The number of hydrogen-bond donors (Lipinski definition) is 1. The van der Waals surface area contributed by atoms with Crippen molar-refractivity contribution in [2.24, 2.45) is 0 Å². The fraction of sp³-hybridized carbons (Fsp3) is 0.238. The Morgan fingerprint density at radius 3 is 2.59 bits per heavy atom. The van der Waals surface area contributed by atoms with E-state index in [1.165, 1.54) is 40.0 Å². The van der Waals surface area contributed by atoms with Crippen molar-refractivity contribution in [3.05, 3.63) is 77.6 Å². The van der Waals surface area contributed by atoms with E-state index in [9.17, 15) is 13.2 Å². The van der Waals surface area contributed by atoms with Crippen LogP contribution in [0.25, 0.3) is 0 Å². The third-order valence-corrected chi connectivity index (χ3v) is 6.76. The Bertz CT molecular complexity index is 1090. The maximum absolute atomic E-state index is 12.4. The molecule has 0 atom stereocenters. The molecule has 0 aliphatic carbocycles. The SMILES string of the molecule is Cc1ccc(SCCC(=O)NS(=O)(=O)c2cnn(Cc3ccccc3)c2)cc1C. The molecule has 0 aliphatic heterocycles. The molecule has 6 nitrogen and oxygen atoms in total. The number of rotatable bonds is 8.